The second-order valence-electron chi connectivity index (χ2n) is 8.69. The second-order valence-corrected chi connectivity index (χ2v) is 8.69. The number of likely N-dealkylation sites (tertiary alicyclic amines) is 1. The SMILES string of the molecule is CCCCN1C(=O)C(=O)/C(=C(\O)c2cccc3ccccc23)C1c1ccc(C(C)C)cc1. The molecule has 164 valence electrons. The van der Waals surface area contributed by atoms with E-state index in [1.807, 2.05) is 60.7 Å². The van der Waals surface area contributed by atoms with E-state index in [-0.39, 0.29) is 11.3 Å². The van der Waals surface area contributed by atoms with E-state index in [0.29, 0.717) is 18.0 Å². The van der Waals surface area contributed by atoms with E-state index in [2.05, 4.69) is 20.8 Å². The van der Waals surface area contributed by atoms with Gasteiger partial charge in [0.25, 0.3) is 11.7 Å². The van der Waals surface area contributed by atoms with E-state index in [9.17, 15) is 14.7 Å². The number of carbonyl (C=O) groups is 2. The molecule has 0 spiro atoms. The van der Waals surface area contributed by atoms with Crippen LogP contribution in [0.15, 0.2) is 72.3 Å². The van der Waals surface area contributed by atoms with Gasteiger partial charge in [0.2, 0.25) is 0 Å². The van der Waals surface area contributed by atoms with Crippen LogP contribution >= 0.6 is 0 Å². The highest BCUT2D eigenvalue weighted by atomic mass is 16.3. The van der Waals surface area contributed by atoms with Gasteiger partial charge in [-0.05, 0) is 34.2 Å². The minimum atomic E-state index is -0.621. The molecule has 3 aromatic rings. The van der Waals surface area contributed by atoms with Crippen LogP contribution < -0.4 is 0 Å². The number of nitrogens with zero attached hydrogens (tertiary/aromatic N) is 1. The summed E-state index contributed by atoms with van der Waals surface area (Å²) in [7, 11) is 0. The molecule has 1 atom stereocenters. The largest absolute Gasteiger partial charge is 0.507 e. The summed E-state index contributed by atoms with van der Waals surface area (Å²) in [5, 5.41) is 13.2. The van der Waals surface area contributed by atoms with Crippen molar-refractivity contribution >= 4 is 28.2 Å². The van der Waals surface area contributed by atoms with Crippen molar-refractivity contribution < 1.29 is 14.7 Å². The van der Waals surface area contributed by atoms with Gasteiger partial charge in [0.1, 0.15) is 5.76 Å². The molecule has 0 aliphatic carbocycles. The Balaban J connectivity index is 1.90. The zero-order valence-electron chi connectivity index (χ0n) is 18.8. The van der Waals surface area contributed by atoms with Gasteiger partial charge in [0, 0.05) is 12.1 Å². The van der Waals surface area contributed by atoms with Gasteiger partial charge in [-0.2, -0.15) is 0 Å². The van der Waals surface area contributed by atoms with E-state index in [1.165, 1.54) is 5.56 Å². The van der Waals surface area contributed by atoms with Gasteiger partial charge in [-0.3, -0.25) is 9.59 Å². The van der Waals surface area contributed by atoms with E-state index >= 15 is 0 Å². The minimum Gasteiger partial charge on any atom is -0.507 e. The highest BCUT2D eigenvalue weighted by Gasteiger charge is 2.45. The molecule has 1 amide bonds. The van der Waals surface area contributed by atoms with Gasteiger partial charge in [-0.25, -0.2) is 0 Å². The average molecular weight is 428 g/mol. The number of carbonyl (C=O) groups excluding carboxylic acids is 2. The molecule has 1 aliphatic rings. The Morgan fingerprint density at radius 1 is 0.969 bits per heavy atom. The van der Waals surface area contributed by atoms with Crippen molar-refractivity contribution in [3.63, 3.8) is 0 Å². The molecular formula is C28H29NO3. The van der Waals surface area contributed by atoms with Crippen LogP contribution in [0.2, 0.25) is 0 Å². The molecule has 1 saturated heterocycles. The first-order valence-electron chi connectivity index (χ1n) is 11.3. The fourth-order valence-corrected chi connectivity index (χ4v) is 4.43. The Morgan fingerprint density at radius 2 is 1.66 bits per heavy atom. The molecule has 1 unspecified atom stereocenters. The number of ketones is 1. The molecular weight excluding hydrogens is 398 g/mol. The first kappa shape index (κ1) is 21.8. The molecule has 3 aromatic carbocycles. The quantitative estimate of drug-likeness (QED) is 0.290. The first-order valence-corrected chi connectivity index (χ1v) is 11.3. The van der Waals surface area contributed by atoms with Crippen molar-refractivity contribution in [2.75, 3.05) is 6.54 Å². The lowest BCUT2D eigenvalue weighted by Gasteiger charge is -2.25. The molecule has 0 bridgehead atoms. The second kappa shape index (κ2) is 8.99. The summed E-state index contributed by atoms with van der Waals surface area (Å²) in [6, 6.07) is 20.8. The van der Waals surface area contributed by atoms with Gasteiger partial charge in [-0.15, -0.1) is 0 Å². The minimum absolute atomic E-state index is 0.114. The molecule has 4 rings (SSSR count). The number of hydrogen-bond acceptors (Lipinski definition) is 3. The van der Waals surface area contributed by atoms with Gasteiger partial charge in [-0.1, -0.05) is 93.9 Å². The van der Waals surface area contributed by atoms with E-state index in [4.69, 9.17) is 0 Å². The average Bonchev–Trinajstić information content (AvgIpc) is 3.06. The van der Waals surface area contributed by atoms with Gasteiger partial charge < -0.3 is 10.0 Å². The summed E-state index contributed by atoms with van der Waals surface area (Å²) in [4.78, 5) is 27.8. The van der Waals surface area contributed by atoms with Crippen LogP contribution in [0.1, 0.15) is 62.3 Å². The van der Waals surface area contributed by atoms with Gasteiger partial charge in [0.15, 0.2) is 0 Å². The highest BCUT2D eigenvalue weighted by molar-refractivity contribution is 6.46. The number of amides is 1. The fourth-order valence-electron chi connectivity index (χ4n) is 4.43. The van der Waals surface area contributed by atoms with Crippen LogP contribution in [0, 0.1) is 0 Å². The maximum atomic E-state index is 13.2. The smallest absolute Gasteiger partial charge is 0.295 e. The number of hydrogen-bond donors (Lipinski definition) is 1. The van der Waals surface area contributed by atoms with Crippen LogP contribution in [-0.2, 0) is 9.59 Å². The van der Waals surface area contributed by atoms with Crippen molar-refractivity contribution in [1.82, 2.24) is 4.90 Å². The topological polar surface area (TPSA) is 57.6 Å². The molecule has 1 aliphatic heterocycles. The highest BCUT2D eigenvalue weighted by Crippen LogP contribution is 2.40. The Bertz CT molecular complexity index is 1190. The van der Waals surface area contributed by atoms with Crippen molar-refractivity contribution in [2.45, 2.75) is 45.6 Å². The summed E-state index contributed by atoms with van der Waals surface area (Å²) < 4.78 is 0. The van der Waals surface area contributed by atoms with Crippen molar-refractivity contribution in [2.24, 2.45) is 0 Å². The normalized spacial score (nSPS) is 18.1. The van der Waals surface area contributed by atoms with Crippen molar-refractivity contribution in [3.05, 3.63) is 89.0 Å². The third kappa shape index (κ3) is 3.81. The molecule has 1 N–H and O–H groups in total. The standard InChI is InChI=1S/C28H29NO3/c1-4-5-17-29-25(21-15-13-19(14-16-21)18(2)3)24(27(31)28(29)32)26(30)23-12-8-10-20-9-6-7-11-22(20)23/h6-16,18,25,30H,4-5,17H2,1-3H3/b26-24-. The lowest BCUT2D eigenvalue weighted by Crippen LogP contribution is -2.30. The van der Waals surface area contributed by atoms with E-state index in [0.717, 1.165) is 29.2 Å². The predicted molar refractivity (Wildman–Crippen MR) is 128 cm³/mol. The number of fused-ring (bicyclic) bond motifs is 1. The zero-order valence-corrected chi connectivity index (χ0v) is 18.8. The zero-order chi connectivity index (χ0) is 22.8. The maximum absolute atomic E-state index is 13.2. The van der Waals surface area contributed by atoms with Crippen molar-refractivity contribution in [3.8, 4) is 0 Å². The Labute approximate surface area is 189 Å². The lowest BCUT2D eigenvalue weighted by atomic mass is 9.92. The monoisotopic (exact) mass is 427 g/mol. The van der Waals surface area contributed by atoms with Crippen LogP contribution in [0.3, 0.4) is 0 Å². The van der Waals surface area contributed by atoms with Gasteiger partial charge in [0.05, 0.1) is 11.6 Å². The third-order valence-electron chi connectivity index (χ3n) is 6.26. The number of Topliss-reactive ketones (excluding diaryl/α,β-unsaturated/α-hetero) is 1. The maximum Gasteiger partial charge on any atom is 0.295 e. The van der Waals surface area contributed by atoms with Crippen molar-refractivity contribution in [1.29, 1.82) is 0 Å². The summed E-state index contributed by atoms with van der Waals surface area (Å²) in [6.45, 7) is 6.79. The molecule has 32 heavy (non-hydrogen) atoms. The third-order valence-corrected chi connectivity index (χ3v) is 6.26. The van der Waals surface area contributed by atoms with Gasteiger partial charge >= 0.3 is 0 Å². The Morgan fingerprint density at radius 3 is 2.34 bits per heavy atom. The molecule has 0 saturated carbocycles. The molecule has 4 nitrogen and oxygen atoms in total. The molecule has 1 fully saturated rings. The number of aliphatic hydroxyl groups is 1. The van der Waals surface area contributed by atoms with Crippen LogP contribution in [0.4, 0.5) is 0 Å². The van der Waals surface area contributed by atoms with Crippen LogP contribution in [0.25, 0.3) is 16.5 Å². The Kier molecular flexibility index (Phi) is 6.13. The predicted octanol–water partition coefficient (Wildman–Crippen LogP) is 6.19. The molecule has 0 radical (unpaired) electrons. The summed E-state index contributed by atoms with van der Waals surface area (Å²) in [5.74, 6) is -0.897. The summed E-state index contributed by atoms with van der Waals surface area (Å²) in [5.41, 5.74) is 2.76. The number of rotatable bonds is 6. The molecule has 0 aromatic heterocycles. The summed E-state index contributed by atoms with van der Waals surface area (Å²) >= 11 is 0. The number of aliphatic hydroxyl groups excluding tert-OH is 1. The van der Waals surface area contributed by atoms with Crippen LogP contribution in [0.5, 0.6) is 0 Å². The molecule has 1 heterocycles. The fraction of sp³-hybridized carbons (Fsp3) is 0.286. The Hall–Kier alpha value is -3.40. The molecule has 4 heteroatoms. The van der Waals surface area contributed by atoms with E-state index in [1.54, 1.807) is 11.0 Å². The number of unbranched alkanes of at least 4 members (excludes halogenated alkanes) is 1. The summed E-state index contributed by atoms with van der Waals surface area (Å²) in [6.07, 6.45) is 1.70. The van der Waals surface area contributed by atoms with Crippen LogP contribution in [-0.4, -0.2) is 28.2 Å². The number of benzene rings is 3. The van der Waals surface area contributed by atoms with E-state index < -0.39 is 17.7 Å². The first-order chi connectivity index (χ1) is 15.4. The lowest BCUT2D eigenvalue weighted by molar-refractivity contribution is -0.139.